The van der Waals surface area contributed by atoms with Crippen molar-refractivity contribution in [3.8, 4) is 0 Å². The standard InChI is InChI=1S/C16H16F3N7O2/c1-24-12-11(13(27)25(2)15(24)28)22-14(23-12)26(21)7-10(20)8-4-3-5-9(6-8)16(17,18)19/h3-7H,20-21H2,1-2H3,(H,22,23)/b10-7-. The summed E-state index contributed by atoms with van der Waals surface area (Å²) in [5.74, 6) is 5.84. The molecule has 0 saturated carbocycles. The van der Waals surface area contributed by atoms with Crippen molar-refractivity contribution in [2.75, 3.05) is 5.01 Å². The van der Waals surface area contributed by atoms with Crippen molar-refractivity contribution in [3.05, 3.63) is 62.4 Å². The van der Waals surface area contributed by atoms with E-state index in [2.05, 4.69) is 9.97 Å². The second-order valence-electron chi connectivity index (χ2n) is 6.04. The molecular weight excluding hydrogens is 379 g/mol. The van der Waals surface area contributed by atoms with Gasteiger partial charge in [0.2, 0.25) is 5.95 Å². The lowest BCUT2D eigenvalue weighted by Gasteiger charge is -2.13. The number of aromatic nitrogens is 4. The molecule has 0 fully saturated rings. The van der Waals surface area contributed by atoms with Crippen LogP contribution in [0.15, 0.2) is 40.1 Å². The van der Waals surface area contributed by atoms with E-state index in [9.17, 15) is 22.8 Å². The number of fused-ring (bicyclic) bond motifs is 1. The minimum atomic E-state index is -4.51. The Morgan fingerprint density at radius 3 is 2.57 bits per heavy atom. The van der Waals surface area contributed by atoms with Gasteiger partial charge < -0.3 is 10.7 Å². The second-order valence-corrected chi connectivity index (χ2v) is 6.04. The number of nitrogens with two attached hydrogens (primary N) is 2. The van der Waals surface area contributed by atoms with Crippen LogP contribution in [0.1, 0.15) is 11.1 Å². The van der Waals surface area contributed by atoms with Crippen molar-refractivity contribution in [3.63, 3.8) is 0 Å². The molecule has 0 spiro atoms. The summed E-state index contributed by atoms with van der Waals surface area (Å²) in [5.41, 5.74) is 3.99. The van der Waals surface area contributed by atoms with E-state index in [0.717, 1.165) is 32.5 Å². The molecule has 0 amide bonds. The Bertz CT molecular complexity index is 1200. The fraction of sp³-hybridized carbons (Fsp3) is 0.188. The SMILES string of the molecule is Cn1c(=O)c2[nH]c(N(N)/C=C(\N)c3cccc(C(F)(F)F)c3)nc2n(C)c1=O. The van der Waals surface area contributed by atoms with Crippen LogP contribution in [0.3, 0.4) is 0 Å². The lowest BCUT2D eigenvalue weighted by atomic mass is 10.1. The van der Waals surface area contributed by atoms with Crippen molar-refractivity contribution in [2.45, 2.75) is 6.18 Å². The van der Waals surface area contributed by atoms with Crippen LogP contribution in [0, 0.1) is 0 Å². The summed E-state index contributed by atoms with van der Waals surface area (Å²) in [6.45, 7) is 0. The van der Waals surface area contributed by atoms with E-state index in [-0.39, 0.29) is 28.4 Å². The van der Waals surface area contributed by atoms with Crippen LogP contribution in [0.4, 0.5) is 19.1 Å². The highest BCUT2D eigenvalue weighted by molar-refractivity contribution is 5.74. The summed E-state index contributed by atoms with van der Waals surface area (Å²) >= 11 is 0. The minimum absolute atomic E-state index is 0.0248. The fourth-order valence-electron chi connectivity index (χ4n) is 2.60. The topological polar surface area (TPSA) is 128 Å². The third-order valence-corrected chi connectivity index (χ3v) is 4.13. The number of H-pyrrole nitrogens is 1. The second kappa shape index (κ2) is 6.56. The van der Waals surface area contributed by atoms with Crippen molar-refractivity contribution in [2.24, 2.45) is 25.7 Å². The first kappa shape index (κ1) is 19.2. The van der Waals surface area contributed by atoms with Gasteiger partial charge in [-0.15, -0.1) is 0 Å². The van der Waals surface area contributed by atoms with Gasteiger partial charge in [0.25, 0.3) is 5.56 Å². The number of anilines is 1. The lowest BCUT2D eigenvalue weighted by molar-refractivity contribution is -0.137. The predicted octanol–water partition coefficient (Wildman–Crippen LogP) is 0.617. The van der Waals surface area contributed by atoms with Gasteiger partial charge in [0, 0.05) is 20.3 Å². The van der Waals surface area contributed by atoms with Crippen LogP contribution in [0.2, 0.25) is 0 Å². The first-order chi connectivity index (χ1) is 13.0. The average Bonchev–Trinajstić information content (AvgIpc) is 3.10. The van der Waals surface area contributed by atoms with E-state index in [4.69, 9.17) is 11.6 Å². The number of hydrogen-bond donors (Lipinski definition) is 3. The summed E-state index contributed by atoms with van der Waals surface area (Å²) in [6.07, 6.45) is -3.36. The maximum Gasteiger partial charge on any atom is 0.416 e. The molecule has 2 aromatic heterocycles. The molecule has 0 atom stereocenters. The molecule has 0 aliphatic heterocycles. The van der Waals surface area contributed by atoms with E-state index in [1.807, 2.05) is 0 Å². The quantitative estimate of drug-likeness (QED) is 0.441. The van der Waals surface area contributed by atoms with Gasteiger partial charge in [-0.2, -0.15) is 18.2 Å². The summed E-state index contributed by atoms with van der Waals surface area (Å²) < 4.78 is 40.6. The number of aromatic amines is 1. The van der Waals surface area contributed by atoms with Crippen LogP contribution in [-0.2, 0) is 20.3 Å². The highest BCUT2D eigenvalue weighted by atomic mass is 19.4. The van der Waals surface area contributed by atoms with Crippen molar-refractivity contribution in [1.82, 2.24) is 19.1 Å². The number of hydrazine groups is 1. The van der Waals surface area contributed by atoms with Gasteiger partial charge in [0.15, 0.2) is 11.2 Å². The van der Waals surface area contributed by atoms with Crippen molar-refractivity contribution in [1.29, 1.82) is 0 Å². The molecule has 0 unspecified atom stereocenters. The van der Waals surface area contributed by atoms with Crippen LogP contribution in [-0.4, -0.2) is 19.1 Å². The average molecular weight is 395 g/mol. The Kier molecular flexibility index (Phi) is 4.51. The van der Waals surface area contributed by atoms with Crippen LogP contribution in [0.5, 0.6) is 0 Å². The molecule has 0 bridgehead atoms. The lowest BCUT2D eigenvalue weighted by Crippen LogP contribution is -2.36. The third kappa shape index (κ3) is 3.24. The third-order valence-electron chi connectivity index (χ3n) is 4.13. The summed E-state index contributed by atoms with van der Waals surface area (Å²) in [7, 11) is 2.75. The highest BCUT2D eigenvalue weighted by Crippen LogP contribution is 2.30. The van der Waals surface area contributed by atoms with Crippen molar-refractivity contribution >= 4 is 22.8 Å². The number of hydrogen-bond acceptors (Lipinski definition) is 6. The molecule has 0 radical (unpaired) electrons. The molecule has 9 nitrogen and oxygen atoms in total. The van der Waals surface area contributed by atoms with Gasteiger partial charge in [0.1, 0.15) is 0 Å². The van der Waals surface area contributed by atoms with Gasteiger partial charge in [-0.25, -0.2) is 10.6 Å². The van der Waals surface area contributed by atoms with Gasteiger partial charge in [-0.3, -0.25) is 18.9 Å². The molecule has 5 N–H and O–H groups in total. The van der Waals surface area contributed by atoms with E-state index in [1.165, 1.54) is 26.2 Å². The molecule has 3 rings (SSSR count). The number of halogens is 3. The number of benzene rings is 1. The number of nitrogens with one attached hydrogen (secondary N) is 1. The summed E-state index contributed by atoms with van der Waals surface area (Å²) in [5, 5.41) is 0.916. The molecule has 2 heterocycles. The zero-order valence-electron chi connectivity index (χ0n) is 14.8. The van der Waals surface area contributed by atoms with E-state index in [1.54, 1.807) is 0 Å². The smallest absolute Gasteiger partial charge is 0.397 e. The monoisotopic (exact) mass is 395 g/mol. The minimum Gasteiger partial charge on any atom is -0.397 e. The number of alkyl halides is 3. The maximum atomic E-state index is 12.8. The Hall–Kier alpha value is -3.54. The van der Waals surface area contributed by atoms with Crippen LogP contribution >= 0.6 is 0 Å². The normalized spacial score (nSPS) is 12.6. The summed E-state index contributed by atoms with van der Waals surface area (Å²) in [4.78, 5) is 30.9. The predicted molar refractivity (Wildman–Crippen MR) is 96.9 cm³/mol. The molecule has 12 heteroatoms. The van der Waals surface area contributed by atoms with E-state index < -0.39 is 23.0 Å². The number of nitrogens with zero attached hydrogens (tertiary/aromatic N) is 4. The zero-order valence-corrected chi connectivity index (χ0v) is 14.8. The van der Waals surface area contributed by atoms with Gasteiger partial charge >= 0.3 is 11.9 Å². The van der Waals surface area contributed by atoms with Gasteiger partial charge in [-0.1, -0.05) is 12.1 Å². The fourth-order valence-corrected chi connectivity index (χ4v) is 2.60. The first-order valence-electron chi connectivity index (χ1n) is 7.85. The van der Waals surface area contributed by atoms with Crippen molar-refractivity contribution < 1.29 is 13.2 Å². The largest absolute Gasteiger partial charge is 0.416 e. The van der Waals surface area contributed by atoms with E-state index >= 15 is 0 Å². The molecule has 0 aliphatic carbocycles. The summed E-state index contributed by atoms with van der Waals surface area (Å²) in [6, 6.07) is 4.43. The maximum absolute atomic E-state index is 12.8. The van der Waals surface area contributed by atoms with Crippen LogP contribution < -0.4 is 27.8 Å². The number of aryl methyl sites for hydroxylation is 1. The molecule has 1 aromatic carbocycles. The molecule has 0 aliphatic rings. The first-order valence-corrected chi connectivity index (χ1v) is 7.85. The van der Waals surface area contributed by atoms with Gasteiger partial charge in [0.05, 0.1) is 11.3 Å². The highest BCUT2D eigenvalue weighted by Gasteiger charge is 2.30. The molecular formula is C16H16F3N7O2. The number of rotatable bonds is 3. The number of imidazole rings is 1. The Morgan fingerprint density at radius 2 is 1.93 bits per heavy atom. The van der Waals surface area contributed by atoms with Gasteiger partial charge in [-0.05, 0) is 17.7 Å². The Morgan fingerprint density at radius 1 is 1.25 bits per heavy atom. The molecule has 0 saturated heterocycles. The molecule has 148 valence electrons. The zero-order chi connectivity index (χ0) is 20.8. The Balaban J connectivity index is 2.02. The van der Waals surface area contributed by atoms with Crippen LogP contribution in [0.25, 0.3) is 16.9 Å². The molecule has 28 heavy (non-hydrogen) atoms. The van der Waals surface area contributed by atoms with E-state index in [0.29, 0.717) is 0 Å². The molecule has 3 aromatic rings. The Labute approximate surface area is 155 Å².